The summed E-state index contributed by atoms with van der Waals surface area (Å²) in [5, 5.41) is 0.918. The fourth-order valence-corrected chi connectivity index (χ4v) is 2.32. The molecule has 2 aromatic carbocycles. The molecule has 96 valence electrons. The van der Waals surface area contributed by atoms with Crippen molar-refractivity contribution in [2.75, 3.05) is 0 Å². The highest BCUT2D eigenvalue weighted by Gasteiger charge is 2.04. The van der Waals surface area contributed by atoms with Crippen LogP contribution in [0.4, 0.5) is 0 Å². The Morgan fingerprint density at radius 3 is 2.58 bits per heavy atom. The lowest BCUT2D eigenvalue weighted by Crippen LogP contribution is -1.93. The summed E-state index contributed by atoms with van der Waals surface area (Å²) in [6.45, 7) is 0. The molecule has 2 aromatic rings. The van der Waals surface area contributed by atoms with E-state index in [1.165, 1.54) is 6.08 Å². The largest absolute Gasteiger partial charge is 0.289 e. The normalized spacial score (nSPS) is 10.9. The predicted molar refractivity (Wildman–Crippen MR) is 84.0 cm³/mol. The molecule has 0 amide bonds. The Morgan fingerprint density at radius 2 is 1.84 bits per heavy atom. The van der Waals surface area contributed by atoms with E-state index in [0.717, 1.165) is 10.0 Å². The highest BCUT2D eigenvalue weighted by molar-refractivity contribution is 9.10. The number of ketones is 1. The molecule has 0 heterocycles. The molecule has 0 aliphatic heterocycles. The van der Waals surface area contributed by atoms with Gasteiger partial charge in [-0.15, -0.1) is 0 Å². The van der Waals surface area contributed by atoms with Crippen molar-refractivity contribution < 1.29 is 4.79 Å². The molecule has 2 rings (SSSR count). The molecule has 0 N–H and O–H groups in total. The van der Waals surface area contributed by atoms with Crippen LogP contribution in [-0.4, -0.2) is 5.78 Å². The van der Waals surface area contributed by atoms with Gasteiger partial charge >= 0.3 is 0 Å². The number of hydrogen-bond acceptors (Lipinski definition) is 1. The minimum atomic E-state index is -0.0858. The highest BCUT2D eigenvalue weighted by Crippen LogP contribution is 2.26. The van der Waals surface area contributed by atoms with E-state index in [4.69, 9.17) is 23.2 Å². The van der Waals surface area contributed by atoms with Gasteiger partial charge in [0.05, 0.1) is 10.0 Å². The van der Waals surface area contributed by atoms with Crippen molar-refractivity contribution in [3.63, 3.8) is 0 Å². The minimum absolute atomic E-state index is 0.0858. The maximum Gasteiger partial charge on any atom is 0.185 e. The van der Waals surface area contributed by atoms with Crippen LogP contribution in [0.5, 0.6) is 0 Å². The monoisotopic (exact) mass is 354 g/mol. The van der Waals surface area contributed by atoms with Crippen LogP contribution in [0, 0.1) is 0 Å². The van der Waals surface area contributed by atoms with Crippen molar-refractivity contribution in [2.24, 2.45) is 0 Å². The van der Waals surface area contributed by atoms with E-state index in [9.17, 15) is 4.79 Å². The molecule has 0 aliphatic rings. The quantitative estimate of drug-likeness (QED) is 0.513. The molecular weight excluding hydrogens is 347 g/mol. The number of allylic oxidation sites excluding steroid dienone is 1. The Morgan fingerprint density at radius 1 is 1.11 bits per heavy atom. The SMILES string of the molecule is O=C(/C=C/c1cccc(Cl)c1Cl)c1cccc(Br)c1. The summed E-state index contributed by atoms with van der Waals surface area (Å²) < 4.78 is 0.868. The highest BCUT2D eigenvalue weighted by atomic mass is 79.9. The third kappa shape index (κ3) is 3.69. The average molecular weight is 356 g/mol. The maximum absolute atomic E-state index is 12.0. The smallest absolute Gasteiger partial charge is 0.185 e. The second kappa shape index (κ2) is 6.38. The summed E-state index contributed by atoms with van der Waals surface area (Å²) in [7, 11) is 0. The zero-order chi connectivity index (χ0) is 13.8. The lowest BCUT2D eigenvalue weighted by Gasteiger charge is -2.00. The molecule has 0 aliphatic carbocycles. The summed E-state index contributed by atoms with van der Waals surface area (Å²) in [6.07, 6.45) is 3.15. The van der Waals surface area contributed by atoms with E-state index in [1.54, 1.807) is 36.4 Å². The van der Waals surface area contributed by atoms with E-state index < -0.39 is 0 Å². The molecule has 19 heavy (non-hydrogen) atoms. The van der Waals surface area contributed by atoms with E-state index in [-0.39, 0.29) is 5.78 Å². The molecule has 0 spiro atoms. The fourth-order valence-electron chi connectivity index (χ4n) is 1.55. The number of hydrogen-bond donors (Lipinski definition) is 0. The van der Waals surface area contributed by atoms with Crippen molar-refractivity contribution in [1.29, 1.82) is 0 Å². The lowest BCUT2D eigenvalue weighted by atomic mass is 10.1. The minimum Gasteiger partial charge on any atom is -0.289 e. The summed E-state index contributed by atoms with van der Waals surface area (Å²) in [4.78, 5) is 12.0. The Balaban J connectivity index is 2.23. The number of benzene rings is 2. The van der Waals surface area contributed by atoms with Gasteiger partial charge in [-0.25, -0.2) is 0 Å². The second-order valence-corrected chi connectivity index (χ2v) is 5.55. The molecular formula is C15H9BrCl2O. The molecule has 4 heteroatoms. The van der Waals surface area contributed by atoms with Gasteiger partial charge in [-0.1, -0.05) is 63.4 Å². The summed E-state index contributed by atoms with van der Waals surface area (Å²) >= 11 is 15.3. The Labute approximate surface area is 130 Å². The van der Waals surface area contributed by atoms with Crippen LogP contribution in [0.15, 0.2) is 53.0 Å². The molecule has 0 fully saturated rings. The van der Waals surface area contributed by atoms with Crippen LogP contribution in [0.25, 0.3) is 6.08 Å². The standard InChI is InChI=1S/C15H9BrCl2O/c16-12-5-1-4-11(9-12)14(19)8-7-10-3-2-6-13(17)15(10)18/h1-9H/b8-7+. The van der Waals surface area contributed by atoms with Gasteiger partial charge in [0.2, 0.25) is 0 Å². The number of carbonyl (C=O) groups excluding carboxylic acids is 1. The zero-order valence-electron chi connectivity index (χ0n) is 9.74. The van der Waals surface area contributed by atoms with Gasteiger partial charge in [-0.05, 0) is 35.9 Å². The topological polar surface area (TPSA) is 17.1 Å². The molecule has 0 atom stereocenters. The van der Waals surface area contributed by atoms with Gasteiger partial charge in [0.15, 0.2) is 5.78 Å². The van der Waals surface area contributed by atoms with Crippen molar-refractivity contribution >= 4 is 51.0 Å². The first-order valence-electron chi connectivity index (χ1n) is 5.50. The third-order valence-corrected chi connectivity index (χ3v) is 3.83. The van der Waals surface area contributed by atoms with Gasteiger partial charge < -0.3 is 0 Å². The molecule has 0 saturated carbocycles. The van der Waals surface area contributed by atoms with Crippen molar-refractivity contribution in [3.8, 4) is 0 Å². The van der Waals surface area contributed by atoms with Crippen LogP contribution in [0.2, 0.25) is 10.0 Å². The molecule has 0 radical (unpaired) electrons. The van der Waals surface area contributed by atoms with E-state index in [1.807, 2.05) is 12.1 Å². The number of halogens is 3. The number of rotatable bonds is 3. The first-order chi connectivity index (χ1) is 9.08. The van der Waals surface area contributed by atoms with Gasteiger partial charge in [-0.3, -0.25) is 4.79 Å². The average Bonchev–Trinajstić information content (AvgIpc) is 2.40. The maximum atomic E-state index is 12.0. The molecule has 0 saturated heterocycles. The van der Waals surface area contributed by atoms with Crippen LogP contribution >= 0.6 is 39.1 Å². The van der Waals surface area contributed by atoms with Crippen LogP contribution in [-0.2, 0) is 0 Å². The van der Waals surface area contributed by atoms with Gasteiger partial charge in [0, 0.05) is 10.0 Å². The Hall–Kier alpha value is -1.09. The molecule has 0 bridgehead atoms. The molecule has 1 nitrogen and oxygen atoms in total. The van der Waals surface area contributed by atoms with Crippen molar-refractivity contribution in [3.05, 3.63) is 74.2 Å². The van der Waals surface area contributed by atoms with E-state index in [2.05, 4.69) is 15.9 Å². The summed E-state index contributed by atoms with van der Waals surface area (Å²) in [6, 6.07) is 12.5. The van der Waals surface area contributed by atoms with Gasteiger partial charge in [0.1, 0.15) is 0 Å². The van der Waals surface area contributed by atoms with Crippen molar-refractivity contribution in [2.45, 2.75) is 0 Å². The first-order valence-corrected chi connectivity index (χ1v) is 7.05. The van der Waals surface area contributed by atoms with E-state index in [0.29, 0.717) is 15.6 Å². The lowest BCUT2D eigenvalue weighted by molar-refractivity contribution is 0.104. The number of carbonyl (C=O) groups is 1. The molecule has 0 aromatic heterocycles. The van der Waals surface area contributed by atoms with Gasteiger partial charge in [-0.2, -0.15) is 0 Å². The van der Waals surface area contributed by atoms with Crippen LogP contribution in [0.3, 0.4) is 0 Å². The van der Waals surface area contributed by atoms with Gasteiger partial charge in [0.25, 0.3) is 0 Å². The summed E-state index contributed by atoms with van der Waals surface area (Å²) in [5.41, 5.74) is 1.33. The third-order valence-electron chi connectivity index (χ3n) is 2.50. The second-order valence-electron chi connectivity index (χ2n) is 3.85. The van der Waals surface area contributed by atoms with Crippen molar-refractivity contribution in [1.82, 2.24) is 0 Å². The predicted octanol–water partition coefficient (Wildman–Crippen LogP) is 5.65. The fraction of sp³-hybridized carbons (Fsp3) is 0. The molecule has 0 unspecified atom stereocenters. The van der Waals surface area contributed by atoms with Crippen LogP contribution < -0.4 is 0 Å². The zero-order valence-corrected chi connectivity index (χ0v) is 12.8. The Kier molecular flexibility index (Phi) is 4.81. The summed E-state index contributed by atoms with van der Waals surface area (Å²) in [5.74, 6) is -0.0858. The van der Waals surface area contributed by atoms with E-state index >= 15 is 0 Å². The first kappa shape index (κ1) is 14.3. The van der Waals surface area contributed by atoms with Crippen LogP contribution in [0.1, 0.15) is 15.9 Å². The Bertz CT molecular complexity index is 650.